The van der Waals surface area contributed by atoms with Crippen molar-refractivity contribution in [3.05, 3.63) is 105 Å². The van der Waals surface area contributed by atoms with Gasteiger partial charge in [-0.2, -0.15) is 0 Å². The highest BCUT2D eigenvalue weighted by Gasteiger charge is 2.43. The van der Waals surface area contributed by atoms with Gasteiger partial charge in [0.25, 0.3) is 5.91 Å². The molecule has 4 aromatic rings. The molecule has 0 aliphatic carbocycles. The zero-order valence-corrected chi connectivity index (χ0v) is 15.3. The van der Waals surface area contributed by atoms with Crippen molar-refractivity contribution < 1.29 is 13.6 Å². The molecule has 6 heteroatoms. The number of rotatable bonds is 3. The number of amides is 1. The lowest BCUT2D eigenvalue weighted by Gasteiger charge is -2.24. The summed E-state index contributed by atoms with van der Waals surface area (Å²) in [7, 11) is 0. The smallest absolute Gasteiger partial charge is 0.262 e. The maximum absolute atomic E-state index is 13.2. The molecule has 0 fully saturated rings. The lowest BCUT2D eigenvalue weighted by molar-refractivity contribution is 0.0716. The number of halogens is 1. The van der Waals surface area contributed by atoms with Crippen molar-refractivity contribution in [1.29, 1.82) is 0 Å². The van der Waals surface area contributed by atoms with Crippen LogP contribution in [0.3, 0.4) is 0 Å². The number of fused-ring (bicyclic) bond motifs is 2. The summed E-state index contributed by atoms with van der Waals surface area (Å²) in [4.78, 5) is 27.9. The molecule has 0 saturated carbocycles. The molecule has 2 aromatic heterocycles. The van der Waals surface area contributed by atoms with Gasteiger partial charge in [-0.05, 0) is 42.0 Å². The third kappa shape index (κ3) is 2.55. The summed E-state index contributed by atoms with van der Waals surface area (Å²) in [6.07, 6.45) is 1.55. The maximum Gasteiger partial charge on any atom is 0.262 e. The SMILES string of the molecule is O=C1c2c(oc3ccccc3c2=O)C(c2cccc(Cl)c2)N1Cc1ccco1. The highest BCUT2D eigenvalue weighted by Crippen LogP contribution is 2.40. The van der Waals surface area contributed by atoms with Gasteiger partial charge >= 0.3 is 0 Å². The predicted molar refractivity (Wildman–Crippen MR) is 104 cm³/mol. The van der Waals surface area contributed by atoms with E-state index in [9.17, 15) is 9.59 Å². The van der Waals surface area contributed by atoms with E-state index in [1.54, 1.807) is 59.7 Å². The number of nitrogens with zero attached hydrogens (tertiary/aromatic N) is 1. The molecule has 5 nitrogen and oxygen atoms in total. The first-order valence-electron chi connectivity index (χ1n) is 8.78. The second-order valence-electron chi connectivity index (χ2n) is 6.64. The molecule has 1 aliphatic rings. The van der Waals surface area contributed by atoms with Crippen molar-refractivity contribution in [2.45, 2.75) is 12.6 Å². The van der Waals surface area contributed by atoms with Crippen LogP contribution in [-0.4, -0.2) is 10.8 Å². The fraction of sp³-hybridized carbons (Fsp3) is 0.0909. The van der Waals surface area contributed by atoms with Gasteiger partial charge in [0.1, 0.15) is 28.7 Å². The average Bonchev–Trinajstić information content (AvgIpc) is 3.29. The minimum Gasteiger partial charge on any atom is -0.467 e. The van der Waals surface area contributed by atoms with Gasteiger partial charge in [0.05, 0.1) is 18.2 Å². The van der Waals surface area contributed by atoms with Crippen molar-refractivity contribution in [2.75, 3.05) is 0 Å². The zero-order valence-electron chi connectivity index (χ0n) is 14.6. The van der Waals surface area contributed by atoms with Gasteiger partial charge in [-0.15, -0.1) is 0 Å². The van der Waals surface area contributed by atoms with Gasteiger partial charge in [-0.1, -0.05) is 35.9 Å². The number of hydrogen-bond donors (Lipinski definition) is 0. The molecule has 5 rings (SSSR count). The molecule has 0 N–H and O–H groups in total. The van der Waals surface area contributed by atoms with Gasteiger partial charge < -0.3 is 13.7 Å². The van der Waals surface area contributed by atoms with Gasteiger partial charge in [-0.3, -0.25) is 9.59 Å². The third-order valence-corrected chi connectivity index (χ3v) is 5.17. The third-order valence-electron chi connectivity index (χ3n) is 4.93. The van der Waals surface area contributed by atoms with Crippen LogP contribution >= 0.6 is 11.6 Å². The number of para-hydroxylation sites is 1. The molecule has 1 aliphatic heterocycles. The van der Waals surface area contributed by atoms with Crippen molar-refractivity contribution in [2.24, 2.45) is 0 Å². The Morgan fingerprint density at radius 2 is 1.86 bits per heavy atom. The number of carbonyl (C=O) groups is 1. The zero-order chi connectivity index (χ0) is 19.3. The van der Waals surface area contributed by atoms with E-state index in [1.807, 2.05) is 12.1 Å². The van der Waals surface area contributed by atoms with E-state index in [2.05, 4.69) is 0 Å². The monoisotopic (exact) mass is 391 g/mol. The van der Waals surface area contributed by atoms with Crippen molar-refractivity contribution in [1.82, 2.24) is 4.90 Å². The highest BCUT2D eigenvalue weighted by atomic mass is 35.5. The minimum atomic E-state index is -0.566. The quantitative estimate of drug-likeness (QED) is 0.504. The molecule has 1 amide bonds. The minimum absolute atomic E-state index is 0.0650. The largest absolute Gasteiger partial charge is 0.467 e. The van der Waals surface area contributed by atoms with E-state index >= 15 is 0 Å². The van der Waals surface area contributed by atoms with Crippen LogP contribution in [0, 0.1) is 0 Å². The van der Waals surface area contributed by atoms with E-state index in [1.165, 1.54) is 0 Å². The first-order valence-corrected chi connectivity index (χ1v) is 9.16. The van der Waals surface area contributed by atoms with Crippen LogP contribution in [0.1, 0.15) is 33.5 Å². The average molecular weight is 392 g/mol. The van der Waals surface area contributed by atoms with Crippen LogP contribution in [0.5, 0.6) is 0 Å². The summed E-state index contributed by atoms with van der Waals surface area (Å²) in [5.74, 6) is 0.573. The van der Waals surface area contributed by atoms with E-state index in [4.69, 9.17) is 20.4 Å². The van der Waals surface area contributed by atoms with Crippen LogP contribution in [0.25, 0.3) is 11.0 Å². The van der Waals surface area contributed by atoms with Crippen molar-refractivity contribution >= 4 is 28.5 Å². The van der Waals surface area contributed by atoms with Crippen LogP contribution in [0.2, 0.25) is 5.02 Å². The van der Waals surface area contributed by atoms with Gasteiger partial charge in [0.15, 0.2) is 0 Å². The Hall–Kier alpha value is -3.31. The molecular weight excluding hydrogens is 378 g/mol. The Morgan fingerprint density at radius 3 is 2.64 bits per heavy atom. The molecule has 0 radical (unpaired) electrons. The number of furan rings is 1. The lowest BCUT2D eigenvalue weighted by atomic mass is 10.0. The van der Waals surface area contributed by atoms with Crippen molar-refractivity contribution in [3.8, 4) is 0 Å². The van der Waals surface area contributed by atoms with Crippen LogP contribution < -0.4 is 5.43 Å². The second kappa shape index (κ2) is 6.39. The fourth-order valence-electron chi connectivity index (χ4n) is 3.70. The van der Waals surface area contributed by atoms with E-state index in [0.717, 1.165) is 5.56 Å². The molecule has 1 unspecified atom stereocenters. The van der Waals surface area contributed by atoms with Crippen LogP contribution in [-0.2, 0) is 6.54 Å². The highest BCUT2D eigenvalue weighted by molar-refractivity contribution is 6.30. The summed E-state index contributed by atoms with van der Waals surface area (Å²) >= 11 is 6.19. The van der Waals surface area contributed by atoms with Gasteiger partial charge in [-0.25, -0.2) is 0 Å². The Bertz CT molecular complexity index is 1260. The molecule has 0 saturated heterocycles. The Balaban J connectivity index is 1.76. The molecule has 2 aromatic carbocycles. The molecule has 0 bridgehead atoms. The number of hydrogen-bond acceptors (Lipinski definition) is 4. The molecular formula is C22H14ClNO4. The lowest BCUT2D eigenvalue weighted by Crippen LogP contribution is -2.29. The molecule has 28 heavy (non-hydrogen) atoms. The van der Waals surface area contributed by atoms with E-state index in [-0.39, 0.29) is 23.4 Å². The van der Waals surface area contributed by atoms with Gasteiger partial charge in [0, 0.05) is 5.02 Å². The van der Waals surface area contributed by atoms with Crippen LogP contribution in [0.4, 0.5) is 0 Å². The summed E-state index contributed by atoms with van der Waals surface area (Å²) in [6.45, 7) is 0.211. The standard InChI is InChI=1S/C22H14ClNO4/c23-14-6-3-5-13(11-14)19-21-18(20(25)16-8-1-2-9-17(16)28-21)22(26)24(19)12-15-7-4-10-27-15/h1-11,19H,12H2. The first-order chi connectivity index (χ1) is 13.6. The van der Waals surface area contributed by atoms with E-state index < -0.39 is 6.04 Å². The number of benzene rings is 2. The Labute approximate surface area is 164 Å². The topological polar surface area (TPSA) is 63.7 Å². The molecule has 138 valence electrons. The number of carbonyl (C=O) groups excluding carboxylic acids is 1. The predicted octanol–water partition coefficient (Wildman–Crippen LogP) is 4.78. The van der Waals surface area contributed by atoms with E-state index in [0.29, 0.717) is 27.5 Å². The van der Waals surface area contributed by atoms with Crippen LogP contribution in [0.15, 0.2) is 80.6 Å². The molecule has 0 spiro atoms. The second-order valence-corrected chi connectivity index (χ2v) is 7.07. The normalized spacial score (nSPS) is 16.0. The summed E-state index contributed by atoms with van der Waals surface area (Å²) in [5, 5.41) is 0.929. The molecule has 3 heterocycles. The maximum atomic E-state index is 13.2. The van der Waals surface area contributed by atoms with Gasteiger partial charge in [0.2, 0.25) is 5.43 Å². The Morgan fingerprint density at radius 1 is 1.00 bits per heavy atom. The Kier molecular flexibility index (Phi) is 3.84. The van der Waals surface area contributed by atoms with Crippen molar-refractivity contribution in [3.63, 3.8) is 0 Å². The summed E-state index contributed by atoms with van der Waals surface area (Å²) in [6, 6.07) is 17.1. The summed E-state index contributed by atoms with van der Waals surface area (Å²) in [5.41, 5.74) is 0.960. The molecule has 1 atom stereocenters. The summed E-state index contributed by atoms with van der Waals surface area (Å²) < 4.78 is 11.5. The first kappa shape index (κ1) is 16.8. The fourth-order valence-corrected chi connectivity index (χ4v) is 3.90.